The van der Waals surface area contributed by atoms with E-state index < -0.39 is 17.7 Å². The molecule has 0 amide bonds. The number of fused-ring (bicyclic) bond motifs is 5. The minimum atomic E-state index is -1.73. The summed E-state index contributed by atoms with van der Waals surface area (Å²) >= 11 is 2.77. The highest BCUT2D eigenvalue weighted by molar-refractivity contribution is 7.12. The lowest BCUT2D eigenvalue weighted by molar-refractivity contribution is -0.946. The van der Waals surface area contributed by atoms with E-state index in [0.29, 0.717) is 51.3 Å². The Kier molecular flexibility index (Phi) is 15.3. The summed E-state index contributed by atoms with van der Waals surface area (Å²) in [6.07, 6.45) is 6.28. The number of quaternary nitrogens is 1. The highest BCUT2D eigenvalue weighted by Crippen LogP contribution is 2.41. The second kappa shape index (κ2) is 20.7. The zero-order valence-corrected chi connectivity index (χ0v) is 39.2. The molecule has 2 atom stereocenters. The number of halogens is 1. The number of benzene rings is 3. The van der Waals surface area contributed by atoms with Crippen LogP contribution in [-0.2, 0) is 40.8 Å². The van der Waals surface area contributed by atoms with Crippen molar-refractivity contribution < 1.29 is 51.1 Å². The summed E-state index contributed by atoms with van der Waals surface area (Å²) in [5, 5.41) is 40.3. The fraction of sp³-hybridized carbons (Fsp3) is 0.400. The van der Waals surface area contributed by atoms with Crippen LogP contribution < -0.4 is 32.6 Å². The van der Waals surface area contributed by atoms with Gasteiger partial charge < -0.3 is 56.6 Å². The number of carbonyl (C=O) groups is 1. The number of aromatic nitrogens is 1. The molecule has 0 saturated carbocycles. The highest BCUT2D eigenvalue weighted by atomic mass is 79.9. The predicted molar refractivity (Wildman–Crippen MR) is 246 cm³/mol. The molecule has 3 aromatic carbocycles. The summed E-state index contributed by atoms with van der Waals surface area (Å²) < 4.78 is 13.0. The molecule has 3 aromatic heterocycles. The van der Waals surface area contributed by atoms with Crippen LogP contribution in [0.1, 0.15) is 76.8 Å². The number of ether oxygens (including phenoxy) is 2. The van der Waals surface area contributed by atoms with Crippen molar-refractivity contribution in [1.82, 2.24) is 10.3 Å². The number of nitrogens with zero attached hydrogens (tertiary/aromatic N) is 1. The number of hydrogen-bond donors (Lipinski definition) is 5. The van der Waals surface area contributed by atoms with Crippen molar-refractivity contribution in [3.05, 3.63) is 150 Å². The number of thiophene rings is 2. The van der Waals surface area contributed by atoms with E-state index in [9.17, 15) is 24.9 Å². The van der Waals surface area contributed by atoms with E-state index in [-0.39, 0.29) is 34.4 Å². The second-order valence-corrected chi connectivity index (χ2v) is 19.0. The van der Waals surface area contributed by atoms with Crippen molar-refractivity contribution in [3.8, 4) is 11.5 Å². The van der Waals surface area contributed by atoms with Crippen LogP contribution in [0, 0.1) is 5.92 Å². The van der Waals surface area contributed by atoms with Gasteiger partial charge >= 0.3 is 5.97 Å². The first-order chi connectivity index (χ1) is 30.1. The van der Waals surface area contributed by atoms with E-state index in [1.165, 1.54) is 57.1 Å². The molecule has 1 unspecified atom stereocenters. The lowest BCUT2D eigenvalue weighted by Crippen LogP contribution is -3.00. The van der Waals surface area contributed by atoms with Crippen LogP contribution in [0.2, 0.25) is 0 Å². The smallest absolute Gasteiger partial charge is 0.349 e. The zero-order valence-electron chi connectivity index (χ0n) is 35.9. The van der Waals surface area contributed by atoms with Crippen LogP contribution in [0.25, 0.3) is 10.9 Å². The van der Waals surface area contributed by atoms with Gasteiger partial charge in [0.25, 0.3) is 0 Å². The van der Waals surface area contributed by atoms with Crippen molar-refractivity contribution >= 4 is 39.5 Å². The third kappa shape index (κ3) is 10.3. The average Bonchev–Trinajstić information content (AvgIpc) is 4.12. The van der Waals surface area contributed by atoms with E-state index in [4.69, 9.17) is 9.47 Å². The number of esters is 1. The molecule has 3 saturated heterocycles. The highest BCUT2D eigenvalue weighted by Gasteiger charge is 2.51. The largest absolute Gasteiger partial charge is 1.00 e. The molecule has 2 bridgehead atoms. The number of aromatic amines is 1. The molecule has 0 spiro atoms. The lowest BCUT2D eigenvalue weighted by Gasteiger charge is -2.52. The molecule has 3 aliphatic heterocycles. The Morgan fingerprint density at radius 2 is 1.56 bits per heavy atom. The van der Waals surface area contributed by atoms with Crippen LogP contribution in [0.5, 0.6) is 11.5 Å². The first-order valence-electron chi connectivity index (χ1n) is 22.0. The maximum absolute atomic E-state index is 13.4. The maximum Gasteiger partial charge on any atom is 0.349 e. The third-order valence-electron chi connectivity index (χ3n) is 13.2. The molecular formula is C50H58BrN3O7S2. The molecule has 63 heavy (non-hydrogen) atoms. The first kappa shape index (κ1) is 46.6. The number of carbonyl (C=O) groups excluding carboxylic acids is 1. The number of aromatic hydroxyl groups is 1. The minimum Gasteiger partial charge on any atom is -1.00 e. The minimum absolute atomic E-state index is 0. The van der Waals surface area contributed by atoms with Gasteiger partial charge in [0.1, 0.15) is 18.0 Å². The van der Waals surface area contributed by atoms with Crippen LogP contribution in [0.15, 0.2) is 107 Å². The van der Waals surface area contributed by atoms with Gasteiger partial charge in [0.05, 0.1) is 47.6 Å². The van der Waals surface area contributed by atoms with E-state index in [1.54, 1.807) is 12.1 Å². The number of aliphatic hydroxyl groups is 2. The number of phenolic OH excluding ortho intramolecular Hbond substituents is 1. The van der Waals surface area contributed by atoms with Gasteiger partial charge in [-0.25, -0.2) is 4.79 Å². The summed E-state index contributed by atoms with van der Waals surface area (Å²) in [4.78, 5) is 28.9. The van der Waals surface area contributed by atoms with Gasteiger partial charge in [-0.15, -0.1) is 22.7 Å². The number of pyridine rings is 1. The molecule has 1 aliphatic carbocycles. The van der Waals surface area contributed by atoms with E-state index in [1.807, 2.05) is 65.4 Å². The van der Waals surface area contributed by atoms with Gasteiger partial charge in [0.2, 0.25) is 11.2 Å². The molecule has 6 aromatic rings. The van der Waals surface area contributed by atoms with Gasteiger partial charge in [-0.1, -0.05) is 62.4 Å². The first-order valence-corrected chi connectivity index (χ1v) is 23.8. The van der Waals surface area contributed by atoms with Crippen molar-refractivity contribution in [2.24, 2.45) is 5.92 Å². The van der Waals surface area contributed by atoms with Gasteiger partial charge in [0, 0.05) is 49.2 Å². The summed E-state index contributed by atoms with van der Waals surface area (Å²) in [7, 11) is 0. The average molecular weight is 957 g/mol. The number of phenols is 1. The Morgan fingerprint density at radius 1 is 0.905 bits per heavy atom. The second-order valence-electron chi connectivity index (χ2n) is 17.1. The molecule has 0 radical (unpaired) electrons. The number of aliphatic hydroxyl groups excluding tert-OH is 1. The fourth-order valence-electron chi connectivity index (χ4n) is 9.80. The summed E-state index contributed by atoms with van der Waals surface area (Å²) in [5.74, 6) is 0.747. The topological polar surface area (TPSA) is 141 Å². The zero-order chi connectivity index (χ0) is 43.3. The monoisotopic (exact) mass is 955 g/mol. The number of nitrogens with one attached hydrogen (secondary N) is 2. The molecule has 6 heterocycles. The van der Waals surface area contributed by atoms with E-state index in [2.05, 4.69) is 36.3 Å². The van der Waals surface area contributed by atoms with E-state index >= 15 is 0 Å². The number of H-pyrrole nitrogens is 1. The number of aryl methyl sites for hydroxylation is 2. The Hall–Kier alpha value is -4.34. The molecule has 5 N–H and O–H groups in total. The van der Waals surface area contributed by atoms with Crippen molar-refractivity contribution in [2.75, 3.05) is 39.3 Å². The number of para-hydroxylation sites is 1. The summed E-state index contributed by atoms with van der Waals surface area (Å²) in [6, 6.07) is 28.6. The van der Waals surface area contributed by atoms with Crippen LogP contribution in [-0.4, -0.2) is 82.2 Å². The SMILES string of the molecule is CCc1cc2c(cc1CC)CC(NCC(O)c1ccc(O)c3[nH]c(=O)ccc13)C2.O=C(O[C@H]1C[N+]2(CCCOc3ccccc3)CCC1CC2)C(O)(c1cccs1)c1cccs1.[Br-]. The third-order valence-corrected chi connectivity index (χ3v) is 15.2. The van der Waals surface area contributed by atoms with Gasteiger partial charge in [-0.05, 0) is 101 Å². The van der Waals surface area contributed by atoms with Crippen LogP contribution >= 0.6 is 22.7 Å². The van der Waals surface area contributed by atoms with Crippen molar-refractivity contribution in [1.29, 1.82) is 0 Å². The molecule has 334 valence electrons. The standard InChI is InChI=1S/C26H30NO4S2.C24H28N2O3.BrH/c28-25(26(29,23-9-4-17-32-23)24-10-5-18-33-24)31-22-19-27(14-11-20(22)12-15-27)13-6-16-30-21-7-2-1-3-8-21;1-3-14-9-16-11-18(12-17(16)10-15(14)4-2)25-13-22(28)19-5-7-21(27)24-20(19)6-8-23(29)26-24;/h1-5,7-10,17-18,20,22,29H,6,11-16,19H2;5-10,18,22,25,27-28H,3-4,11-13H2,1-2H3,(H,26,29);1H/q+1;;/p-1/t20?,22-,27?;;/m0../s1. The molecular weight excluding hydrogens is 899 g/mol. The fourth-order valence-corrected chi connectivity index (χ4v) is 11.5. The molecule has 10 rings (SSSR count). The maximum atomic E-state index is 13.4. The Bertz CT molecular complexity index is 2420. The van der Waals surface area contributed by atoms with Crippen LogP contribution in [0.3, 0.4) is 0 Å². The van der Waals surface area contributed by atoms with E-state index in [0.717, 1.165) is 81.4 Å². The Labute approximate surface area is 387 Å². The quantitative estimate of drug-likeness (QED) is 0.0562. The predicted octanol–water partition coefficient (Wildman–Crippen LogP) is 4.82. The molecule has 10 nitrogen and oxygen atoms in total. The summed E-state index contributed by atoms with van der Waals surface area (Å²) in [6.45, 7) is 9.62. The number of piperidine rings is 3. The summed E-state index contributed by atoms with van der Waals surface area (Å²) in [5.41, 5.74) is 4.76. The number of hydrogen-bond acceptors (Lipinski definition) is 10. The number of rotatable bonds is 15. The van der Waals surface area contributed by atoms with Crippen LogP contribution in [0.4, 0.5) is 0 Å². The normalized spacial score (nSPS) is 19.7. The van der Waals surface area contributed by atoms with Gasteiger partial charge in [-0.3, -0.25) is 4.79 Å². The molecule has 4 aliphatic rings. The molecule has 3 fully saturated rings. The lowest BCUT2D eigenvalue weighted by atomic mass is 9.83. The Balaban J connectivity index is 0.000000188. The van der Waals surface area contributed by atoms with Crippen molar-refractivity contribution in [2.45, 2.75) is 82.6 Å². The molecule has 13 heteroatoms. The van der Waals surface area contributed by atoms with Gasteiger partial charge in [-0.2, -0.15) is 0 Å². The Morgan fingerprint density at radius 3 is 2.16 bits per heavy atom. The van der Waals surface area contributed by atoms with Gasteiger partial charge in [0.15, 0.2) is 6.10 Å². The van der Waals surface area contributed by atoms with Crippen molar-refractivity contribution in [3.63, 3.8) is 0 Å².